The lowest BCUT2D eigenvalue weighted by Gasteiger charge is -2.25. The van der Waals surface area contributed by atoms with Crippen LogP contribution in [0.3, 0.4) is 0 Å². The monoisotopic (exact) mass is 125 g/mol. The van der Waals surface area contributed by atoms with Crippen LogP contribution in [0, 0.1) is 5.92 Å². The molecule has 1 unspecified atom stereocenters. The van der Waals surface area contributed by atoms with Crippen molar-refractivity contribution in [2.75, 3.05) is 6.54 Å². The van der Waals surface area contributed by atoms with E-state index >= 15 is 0 Å². The van der Waals surface area contributed by atoms with E-state index < -0.39 is 0 Å². The summed E-state index contributed by atoms with van der Waals surface area (Å²) in [5.74, 6) is 0.403. The molecule has 1 aliphatic heterocycles. The molecular weight excluding hydrogens is 114 g/mol. The van der Waals surface area contributed by atoms with Crippen LogP contribution in [-0.4, -0.2) is 12.5 Å². The van der Waals surface area contributed by atoms with Gasteiger partial charge >= 0.3 is 0 Å². The molecule has 50 valence electrons. The molecular formula is C7H11NO. The van der Waals surface area contributed by atoms with Gasteiger partial charge in [0.15, 0.2) is 0 Å². The minimum Gasteiger partial charge on any atom is -0.355 e. The number of hydrogen-bond donors (Lipinski definition) is 1. The number of carbonyl (C=O) groups is 1. The Hall–Kier alpha value is -0.790. The van der Waals surface area contributed by atoms with Crippen molar-refractivity contribution in [1.82, 2.24) is 5.32 Å². The first kappa shape index (κ1) is 6.33. The molecule has 0 bridgehead atoms. The highest BCUT2D eigenvalue weighted by Gasteiger charge is 2.26. The van der Waals surface area contributed by atoms with Crippen molar-refractivity contribution in [1.29, 1.82) is 0 Å². The van der Waals surface area contributed by atoms with Gasteiger partial charge in [-0.1, -0.05) is 5.57 Å². The molecule has 1 rings (SSSR count). The van der Waals surface area contributed by atoms with E-state index in [1.807, 2.05) is 6.92 Å². The number of amides is 1. The van der Waals surface area contributed by atoms with Crippen LogP contribution in [0.1, 0.15) is 13.3 Å². The Morgan fingerprint density at radius 3 is 2.78 bits per heavy atom. The standard InChI is InChI=1S/C7H11NO/c1-5(2)3-6-4-8-7(6)9/h6H,1,3-4H2,2H3,(H,8,9). The fourth-order valence-electron chi connectivity index (χ4n) is 0.915. The average molecular weight is 125 g/mol. The highest BCUT2D eigenvalue weighted by atomic mass is 16.2. The molecule has 1 atom stereocenters. The fraction of sp³-hybridized carbons (Fsp3) is 0.571. The van der Waals surface area contributed by atoms with Crippen LogP contribution in [0.4, 0.5) is 0 Å². The summed E-state index contributed by atoms with van der Waals surface area (Å²) in [5.41, 5.74) is 1.09. The summed E-state index contributed by atoms with van der Waals surface area (Å²) in [6.07, 6.45) is 0.853. The number of rotatable bonds is 2. The van der Waals surface area contributed by atoms with E-state index in [0.717, 1.165) is 18.5 Å². The number of allylic oxidation sites excluding steroid dienone is 1. The second-order valence-electron chi connectivity index (χ2n) is 2.60. The first-order chi connectivity index (χ1) is 4.20. The van der Waals surface area contributed by atoms with Crippen molar-refractivity contribution in [3.63, 3.8) is 0 Å². The molecule has 1 fully saturated rings. The van der Waals surface area contributed by atoms with Gasteiger partial charge in [0, 0.05) is 6.54 Å². The van der Waals surface area contributed by atoms with Crippen LogP contribution in [0.25, 0.3) is 0 Å². The van der Waals surface area contributed by atoms with Gasteiger partial charge in [-0.3, -0.25) is 4.79 Å². The molecule has 0 aromatic heterocycles. The van der Waals surface area contributed by atoms with E-state index in [0.29, 0.717) is 0 Å². The predicted octanol–water partition coefficient (Wildman–Crippen LogP) is 0.699. The highest BCUT2D eigenvalue weighted by Crippen LogP contribution is 2.14. The molecule has 0 saturated carbocycles. The minimum atomic E-state index is 0.179. The Balaban J connectivity index is 2.29. The van der Waals surface area contributed by atoms with Gasteiger partial charge < -0.3 is 5.32 Å². The van der Waals surface area contributed by atoms with E-state index in [1.165, 1.54) is 0 Å². The van der Waals surface area contributed by atoms with Gasteiger partial charge in [-0.2, -0.15) is 0 Å². The maximum Gasteiger partial charge on any atom is 0.225 e. The molecule has 1 aliphatic rings. The van der Waals surface area contributed by atoms with Crippen LogP contribution >= 0.6 is 0 Å². The predicted molar refractivity (Wildman–Crippen MR) is 35.9 cm³/mol. The number of nitrogens with one attached hydrogen (secondary N) is 1. The van der Waals surface area contributed by atoms with Crippen LogP contribution in [0.5, 0.6) is 0 Å². The minimum absolute atomic E-state index is 0.179. The fourth-order valence-corrected chi connectivity index (χ4v) is 0.915. The second kappa shape index (κ2) is 2.21. The van der Waals surface area contributed by atoms with Crippen LogP contribution in [0.2, 0.25) is 0 Å². The smallest absolute Gasteiger partial charge is 0.225 e. The zero-order valence-corrected chi connectivity index (χ0v) is 5.61. The molecule has 1 amide bonds. The van der Waals surface area contributed by atoms with Gasteiger partial charge in [-0.15, -0.1) is 6.58 Å². The molecule has 1 N–H and O–H groups in total. The van der Waals surface area contributed by atoms with Gasteiger partial charge in [0.25, 0.3) is 0 Å². The summed E-state index contributed by atoms with van der Waals surface area (Å²) >= 11 is 0. The Bertz CT molecular complexity index is 151. The quantitative estimate of drug-likeness (QED) is 0.427. The lowest BCUT2D eigenvalue weighted by atomic mass is 9.95. The topological polar surface area (TPSA) is 29.1 Å². The molecule has 0 aliphatic carbocycles. The van der Waals surface area contributed by atoms with E-state index in [2.05, 4.69) is 11.9 Å². The molecule has 1 heterocycles. The van der Waals surface area contributed by atoms with Crippen LogP contribution in [-0.2, 0) is 4.79 Å². The molecule has 0 radical (unpaired) electrons. The Kier molecular flexibility index (Phi) is 1.56. The largest absolute Gasteiger partial charge is 0.355 e. The first-order valence-corrected chi connectivity index (χ1v) is 3.12. The maximum absolute atomic E-state index is 10.6. The van der Waals surface area contributed by atoms with E-state index in [1.54, 1.807) is 0 Å². The summed E-state index contributed by atoms with van der Waals surface area (Å²) in [6, 6.07) is 0. The lowest BCUT2D eigenvalue weighted by Crippen LogP contribution is -2.48. The van der Waals surface area contributed by atoms with Gasteiger partial charge in [0.05, 0.1) is 5.92 Å². The van der Waals surface area contributed by atoms with Gasteiger partial charge in [0.1, 0.15) is 0 Å². The molecule has 1 saturated heterocycles. The molecule has 0 spiro atoms. The summed E-state index contributed by atoms with van der Waals surface area (Å²) in [4.78, 5) is 10.6. The van der Waals surface area contributed by atoms with Crippen molar-refractivity contribution in [2.45, 2.75) is 13.3 Å². The zero-order chi connectivity index (χ0) is 6.85. The summed E-state index contributed by atoms with van der Waals surface area (Å²) < 4.78 is 0. The molecule has 0 aromatic rings. The second-order valence-corrected chi connectivity index (χ2v) is 2.60. The van der Waals surface area contributed by atoms with Crippen LogP contribution in [0.15, 0.2) is 12.2 Å². The van der Waals surface area contributed by atoms with Crippen molar-refractivity contribution >= 4 is 5.91 Å². The maximum atomic E-state index is 10.6. The molecule has 2 heteroatoms. The van der Waals surface area contributed by atoms with Crippen molar-refractivity contribution in [3.05, 3.63) is 12.2 Å². The summed E-state index contributed by atoms with van der Waals surface area (Å²) in [6.45, 7) is 6.52. The Morgan fingerprint density at radius 1 is 2.00 bits per heavy atom. The number of hydrogen-bond acceptors (Lipinski definition) is 1. The van der Waals surface area contributed by atoms with Gasteiger partial charge in [-0.05, 0) is 13.3 Å². The number of β-lactam (4-membered cyclic amide) rings is 1. The summed E-state index contributed by atoms with van der Waals surface area (Å²) in [7, 11) is 0. The molecule has 0 aromatic carbocycles. The number of carbonyl (C=O) groups excluding carboxylic acids is 1. The van der Waals surface area contributed by atoms with Crippen molar-refractivity contribution < 1.29 is 4.79 Å². The molecule has 9 heavy (non-hydrogen) atoms. The molecule has 2 nitrogen and oxygen atoms in total. The SMILES string of the molecule is C=C(C)CC1CNC1=O. The Labute approximate surface area is 54.9 Å². The average Bonchev–Trinajstić information content (AvgIpc) is 1.79. The third kappa shape index (κ3) is 1.31. The van der Waals surface area contributed by atoms with Crippen LogP contribution < -0.4 is 5.32 Å². The van der Waals surface area contributed by atoms with Crippen molar-refractivity contribution in [2.24, 2.45) is 5.92 Å². The van der Waals surface area contributed by atoms with E-state index in [-0.39, 0.29) is 11.8 Å². The van der Waals surface area contributed by atoms with Gasteiger partial charge in [-0.25, -0.2) is 0 Å². The highest BCUT2D eigenvalue weighted by molar-refractivity contribution is 5.84. The zero-order valence-electron chi connectivity index (χ0n) is 5.61. The first-order valence-electron chi connectivity index (χ1n) is 3.12. The van der Waals surface area contributed by atoms with E-state index in [4.69, 9.17) is 0 Å². The third-order valence-electron chi connectivity index (χ3n) is 1.49. The van der Waals surface area contributed by atoms with E-state index in [9.17, 15) is 4.79 Å². The van der Waals surface area contributed by atoms with Crippen molar-refractivity contribution in [3.8, 4) is 0 Å². The van der Waals surface area contributed by atoms with Gasteiger partial charge in [0.2, 0.25) is 5.91 Å². The Morgan fingerprint density at radius 2 is 2.67 bits per heavy atom. The normalized spacial score (nSPS) is 24.6. The lowest BCUT2D eigenvalue weighted by molar-refractivity contribution is -0.131. The third-order valence-corrected chi connectivity index (χ3v) is 1.49. The summed E-state index contributed by atoms with van der Waals surface area (Å²) in [5, 5.41) is 2.68.